The van der Waals surface area contributed by atoms with Crippen molar-refractivity contribution in [1.29, 1.82) is 0 Å². The minimum Gasteiger partial charge on any atom is -0.505 e. The summed E-state index contributed by atoms with van der Waals surface area (Å²) in [5.74, 6) is -2.09. The number of hydrogen-bond acceptors (Lipinski definition) is 6. The minimum absolute atomic E-state index is 0.249. The third kappa shape index (κ3) is 8.84. The van der Waals surface area contributed by atoms with Crippen LogP contribution in [0.2, 0.25) is 0 Å². The smallest absolute Gasteiger partial charge is 0.377 e. The molecule has 30 heavy (non-hydrogen) atoms. The first-order valence-electron chi connectivity index (χ1n) is 12.2. The molecule has 1 fully saturated rings. The number of ether oxygens (including phenoxy) is 3. The molecule has 0 aliphatic carbocycles. The molecule has 6 heteroatoms. The summed E-state index contributed by atoms with van der Waals surface area (Å²) in [6.07, 6.45) is 18.9. The van der Waals surface area contributed by atoms with Crippen molar-refractivity contribution >= 4 is 5.97 Å². The Labute approximate surface area is 182 Å². The summed E-state index contributed by atoms with van der Waals surface area (Å²) < 4.78 is 16.2. The lowest BCUT2D eigenvalue weighted by atomic mass is 10.0. The Kier molecular flexibility index (Phi) is 12.2. The van der Waals surface area contributed by atoms with Crippen LogP contribution < -0.4 is 0 Å². The van der Waals surface area contributed by atoms with E-state index in [9.17, 15) is 15.0 Å². The van der Waals surface area contributed by atoms with Crippen molar-refractivity contribution in [2.24, 2.45) is 0 Å². The summed E-state index contributed by atoms with van der Waals surface area (Å²) in [5, 5.41) is 19.1. The lowest BCUT2D eigenvalue weighted by molar-refractivity contribution is -0.149. The van der Waals surface area contributed by atoms with Crippen LogP contribution in [0.4, 0.5) is 0 Å². The van der Waals surface area contributed by atoms with E-state index in [4.69, 9.17) is 14.2 Å². The number of carbonyl (C=O) groups is 1. The van der Waals surface area contributed by atoms with Crippen molar-refractivity contribution in [2.75, 3.05) is 6.61 Å². The van der Waals surface area contributed by atoms with Crippen molar-refractivity contribution in [3.63, 3.8) is 0 Å². The van der Waals surface area contributed by atoms with Crippen molar-refractivity contribution in [2.45, 2.75) is 128 Å². The van der Waals surface area contributed by atoms with Gasteiger partial charge in [0.1, 0.15) is 6.10 Å². The zero-order valence-corrected chi connectivity index (χ0v) is 18.8. The predicted octanol–water partition coefficient (Wildman–Crippen LogP) is 6.24. The fourth-order valence-electron chi connectivity index (χ4n) is 4.19. The summed E-state index contributed by atoms with van der Waals surface area (Å²) in [6, 6.07) is 0. The molecule has 2 N–H and O–H groups in total. The lowest BCUT2D eigenvalue weighted by Crippen LogP contribution is -2.31. The number of aliphatic hydroxyl groups is 2. The molecule has 1 unspecified atom stereocenters. The summed E-state index contributed by atoms with van der Waals surface area (Å²) >= 11 is 0. The molecule has 2 aliphatic heterocycles. The Bertz CT molecular complexity index is 518. The molecule has 1 saturated heterocycles. The zero-order chi connectivity index (χ0) is 21.6. The molecule has 0 spiro atoms. The van der Waals surface area contributed by atoms with Gasteiger partial charge in [0.05, 0.1) is 6.61 Å². The van der Waals surface area contributed by atoms with Gasteiger partial charge in [0, 0.05) is 0 Å². The highest BCUT2D eigenvalue weighted by Gasteiger charge is 2.44. The Balaban J connectivity index is 1.36. The number of rotatable bonds is 17. The molecule has 0 aromatic carbocycles. The van der Waals surface area contributed by atoms with Gasteiger partial charge < -0.3 is 24.4 Å². The number of esters is 1. The second-order valence-electron chi connectivity index (χ2n) is 8.74. The van der Waals surface area contributed by atoms with E-state index in [0.29, 0.717) is 0 Å². The first kappa shape index (κ1) is 25.0. The van der Waals surface area contributed by atoms with Crippen LogP contribution in [0, 0.1) is 0 Å². The second-order valence-corrected chi connectivity index (χ2v) is 8.74. The van der Waals surface area contributed by atoms with E-state index in [1.807, 2.05) is 0 Å². The van der Waals surface area contributed by atoms with Crippen LogP contribution in [-0.4, -0.2) is 41.3 Å². The average Bonchev–Trinajstić information content (AvgIpc) is 3.31. The lowest BCUT2D eigenvalue weighted by Gasteiger charge is -2.16. The van der Waals surface area contributed by atoms with Crippen LogP contribution >= 0.6 is 0 Å². The van der Waals surface area contributed by atoms with Crippen molar-refractivity contribution < 1.29 is 29.2 Å². The molecular formula is C24H42O6. The molecule has 0 radical (unpaired) electrons. The van der Waals surface area contributed by atoms with Crippen LogP contribution in [0.15, 0.2) is 11.5 Å². The number of hydrogen-bond donors (Lipinski definition) is 2. The molecule has 2 heterocycles. The van der Waals surface area contributed by atoms with E-state index in [1.54, 1.807) is 0 Å². The van der Waals surface area contributed by atoms with Crippen LogP contribution in [-0.2, 0) is 19.0 Å². The maximum atomic E-state index is 11.3. The van der Waals surface area contributed by atoms with Crippen molar-refractivity contribution in [3.8, 4) is 0 Å². The summed E-state index contributed by atoms with van der Waals surface area (Å²) in [6.45, 7) is 2.52. The van der Waals surface area contributed by atoms with Gasteiger partial charge in [-0.15, -0.1) is 0 Å². The van der Waals surface area contributed by atoms with Gasteiger partial charge in [-0.3, -0.25) is 0 Å². The average molecular weight is 427 g/mol. The standard InChI is InChI=1S/C24H42O6/c1-2-3-4-5-6-7-8-9-10-11-12-13-14-15-16-17-20-28-18-19(29-20)23-21(25)22(26)24(27)30-23/h19-20,23,25-26H,2-18H2,1H3/t19-,20?,23+/m0/s1. The van der Waals surface area contributed by atoms with Gasteiger partial charge in [-0.05, 0) is 12.8 Å². The summed E-state index contributed by atoms with van der Waals surface area (Å²) in [5.41, 5.74) is 0. The first-order valence-corrected chi connectivity index (χ1v) is 12.2. The number of unbranched alkanes of at least 4 members (excludes halogenated alkanes) is 14. The Hall–Kier alpha value is -1.27. The maximum Gasteiger partial charge on any atom is 0.377 e. The SMILES string of the molecule is CCCCCCCCCCCCCCCCCC1OC[C@@H]([C@H]2OC(=O)C(O)=C2O)O1. The van der Waals surface area contributed by atoms with E-state index in [0.717, 1.165) is 19.3 Å². The van der Waals surface area contributed by atoms with E-state index in [-0.39, 0.29) is 12.9 Å². The Morgan fingerprint density at radius 1 is 0.800 bits per heavy atom. The monoisotopic (exact) mass is 426 g/mol. The maximum absolute atomic E-state index is 11.3. The summed E-state index contributed by atoms with van der Waals surface area (Å²) in [4.78, 5) is 11.3. The van der Waals surface area contributed by atoms with Gasteiger partial charge in [-0.25, -0.2) is 4.79 Å². The van der Waals surface area contributed by atoms with E-state index >= 15 is 0 Å². The molecule has 3 atom stereocenters. The second kappa shape index (κ2) is 14.7. The van der Waals surface area contributed by atoms with Crippen LogP contribution in [0.25, 0.3) is 0 Å². The predicted molar refractivity (Wildman–Crippen MR) is 116 cm³/mol. The summed E-state index contributed by atoms with van der Waals surface area (Å²) in [7, 11) is 0. The van der Waals surface area contributed by atoms with Crippen molar-refractivity contribution in [3.05, 3.63) is 11.5 Å². The third-order valence-electron chi connectivity index (χ3n) is 6.09. The molecule has 0 bridgehead atoms. The van der Waals surface area contributed by atoms with Crippen LogP contribution in [0.1, 0.15) is 110 Å². The van der Waals surface area contributed by atoms with Crippen molar-refractivity contribution in [1.82, 2.24) is 0 Å². The van der Waals surface area contributed by atoms with Gasteiger partial charge in [0.2, 0.25) is 5.76 Å². The highest BCUT2D eigenvalue weighted by atomic mass is 16.7. The van der Waals surface area contributed by atoms with Gasteiger partial charge in [-0.1, -0.05) is 96.8 Å². The number of aliphatic hydroxyl groups excluding tert-OH is 2. The van der Waals surface area contributed by atoms with E-state index in [2.05, 4.69) is 6.92 Å². The first-order chi connectivity index (χ1) is 14.6. The quantitative estimate of drug-likeness (QED) is 0.211. The molecule has 0 saturated carbocycles. The minimum atomic E-state index is -0.955. The highest BCUT2D eigenvalue weighted by molar-refractivity contribution is 5.89. The fraction of sp³-hybridized carbons (Fsp3) is 0.875. The van der Waals surface area contributed by atoms with E-state index < -0.39 is 29.7 Å². The van der Waals surface area contributed by atoms with Gasteiger partial charge in [0.25, 0.3) is 0 Å². The zero-order valence-electron chi connectivity index (χ0n) is 18.8. The molecule has 0 amide bonds. The molecule has 2 aliphatic rings. The highest BCUT2D eigenvalue weighted by Crippen LogP contribution is 2.28. The normalized spacial score (nSPS) is 24.0. The molecule has 2 rings (SSSR count). The molecule has 6 nitrogen and oxygen atoms in total. The topological polar surface area (TPSA) is 85.2 Å². The Morgan fingerprint density at radius 3 is 1.77 bits per heavy atom. The molecule has 0 aromatic heterocycles. The number of cyclic esters (lactones) is 1. The Morgan fingerprint density at radius 2 is 1.30 bits per heavy atom. The van der Waals surface area contributed by atoms with Gasteiger partial charge in [-0.2, -0.15) is 0 Å². The third-order valence-corrected chi connectivity index (χ3v) is 6.09. The fourth-order valence-corrected chi connectivity index (χ4v) is 4.19. The number of carbonyl (C=O) groups excluding carboxylic acids is 1. The molecule has 174 valence electrons. The van der Waals surface area contributed by atoms with Gasteiger partial charge in [0.15, 0.2) is 18.2 Å². The van der Waals surface area contributed by atoms with Crippen LogP contribution in [0.5, 0.6) is 0 Å². The van der Waals surface area contributed by atoms with Crippen LogP contribution in [0.3, 0.4) is 0 Å². The molecular weight excluding hydrogens is 384 g/mol. The van der Waals surface area contributed by atoms with Gasteiger partial charge >= 0.3 is 5.97 Å². The van der Waals surface area contributed by atoms with E-state index in [1.165, 1.54) is 83.5 Å². The molecule has 0 aromatic rings. The largest absolute Gasteiger partial charge is 0.505 e.